The van der Waals surface area contributed by atoms with Gasteiger partial charge in [0.15, 0.2) is 0 Å². The van der Waals surface area contributed by atoms with Crippen molar-refractivity contribution in [3.05, 3.63) is 54.1 Å². The van der Waals surface area contributed by atoms with E-state index in [1.807, 2.05) is 43.3 Å². The third kappa shape index (κ3) is 4.81. The average Bonchev–Trinajstić information content (AvgIpc) is 2.28. The fourth-order valence-electron chi connectivity index (χ4n) is 1.00. The van der Waals surface area contributed by atoms with Crippen molar-refractivity contribution in [2.75, 3.05) is 6.61 Å². The molecule has 0 radical (unpaired) electrons. The number of hydrogen-bond acceptors (Lipinski definition) is 2. The van der Waals surface area contributed by atoms with Crippen molar-refractivity contribution in [3.8, 4) is 0 Å². The van der Waals surface area contributed by atoms with Crippen LogP contribution in [0.25, 0.3) is 6.08 Å². The van der Waals surface area contributed by atoms with Crippen molar-refractivity contribution in [2.24, 2.45) is 0 Å². The Bertz CT molecular complexity index is 350. The van der Waals surface area contributed by atoms with E-state index in [1.165, 1.54) is 6.08 Å². The molecule has 78 valence electrons. The van der Waals surface area contributed by atoms with Crippen LogP contribution >= 0.6 is 0 Å². The molecule has 0 atom stereocenters. The number of carbonyl (C=O) groups is 1. The summed E-state index contributed by atoms with van der Waals surface area (Å²) >= 11 is 0. The number of rotatable bonds is 4. The molecule has 0 bridgehead atoms. The highest BCUT2D eigenvalue weighted by molar-refractivity contribution is 5.87. The van der Waals surface area contributed by atoms with Crippen LogP contribution in [0.5, 0.6) is 0 Å². The molecular weight excluding hydrogens is 188 g/mol. The summed E-state index contributed by atoms with van der Waals surface area (Å²) in [4.78, 5) is 11.1. The first-order chi connectivity index (χ1) is 7.33. The maximum Gasteiger partial charge on any atom is 0.331 e. The average molecular weight is 202 g/mol. The summed E-state index contributed by atoms with van der Waals surface area (Å²) in [5.74, 6) is -0.322. The molecular formula is C13H14O2. The fraction of sp³-hybridized carbons (Fsp3) is 0.154. The lowest BCUT2D eigenvalue weighted by Gasteiger charge is -1.95. The van der Waals surface area contributed by atoms with Crippen LogP contribution in [0.4, 0.5) is 0 Å². The highest BCUT2D eigenvalue weighted by Gasteiger charge is 1.93. The highest BCUT2D eigenvalue weighted by Crippen LogP contribution is 2.00. The van der Waals surface area contributed by atoms with Gasteiger partial charge in [0.2, 0.25) is 0 Å². The highest BCUT2D eigenvalue weighted by atomic mass is 16.5. The molecule has 0 spiro atoms. The zero-order valence-corrected chi connectivity index (χ0v) is 8.72. The van der Waals surface area contributed by atoms with E-state index in [4.69, 9.17) is 4.74 Å². The van der Waals surface area contributed by atoms with E-state index in [2.05, 4.69) is 0 Å². The zero-order chi connectivity index (χ0) is 10.9. The van der Waals surface area contributed by atoms with Crippen molar-refractivity contribution < 1.29 is 9.53 Å². The lowest BCUT2D eigenvalue weighted by atomic mass is 10.2. The molecule has 1 rings (SSSR count). The molecule has 1 aromatic carbocycles. The summed E-state index contributed by atoms with van der Waals surface area (Å²) in [5.41, 5.74) is 0.987. The summed E-state index contributed by atoms with van der Waals surface area (Å²) in [6, 6.07) is 9.63. The molecule has 0 heterocycles. The number of esters is 1. The first kappa shape index (κ1) is 11.2. The van der Waals surface area contributed by atoms with Crippen molar-refractivity contribution in [1.82, 2.24) is 0 Å². The lowest BCUT2D eigenvalue weighted by Crippen LogP contribution is -1.99. The Morgan fingerprint density at radius 2 is 2.07 bits per heavy atom. The van der Waals surface area contributed by atoms with Crippen LogP contribution < -0.4 is 0 Å². The first-order valence-electron chi connectivity index (χ1n) is 4.84. The fourth-order valence-corrected chi connectivity index (χ4v) is 1.00. The van der Waals surface area contributed by atoms with Crippen LogP contribution in [-0.2, 0) is 9.53 Å². The lowest BCUT2D eigenvalue weighted by molar-refractivity contribution is -0.136. The molecule has 2 nitrogen and oxygen atoms in total. The van der Waals surface area contributed by atoms with Crippen molar-refractivity contribution in [1.29, 1.82) is 0 Å². The van der Waals surface area contributed by atoms with Gasteiger partial charge < -0.3 is 4.74 Å². The maximum absolute atomic E-state index is 11.1. The van der Waals surface area contributed by atoms with E-state index >= 15 is 0 Å². The van der Waals surface area contributed by atoms with E-state index in [0.717, 1.165) is 5.56 Å². The zero-order valence-electron chi connectivity index (χ0n) is 8.72. The van der Waals surface area contributed by atoms with Gasteiger partial charge in [-0.2, -0.15) is 0 Å². The van der Waals surface area contributed by atoms with E-state index < -0.39 is 0 Å². The summed E-state index contributed by atoms with van der Waals surface area (Å²) in [5, 5.41) is 0. The van der Waals surface area contributed by atoms with Crippen molar-refractivity contribution >= 4 is 12.0 Å². The Kier molecular flexibility index (Phi) is 4.95. The van der Waals surface area contributed by atoms with Gasteiger partial charge in [0.05, 0.1) is 0 Å². The van der Waals surface area contributed by atoms with Crippen molar-refractivity contribution in [3.63, 3.8) is 0 Å². The molecule has 0 aliphatic rings. The molecule has 0 amide bonds. The van der Waals surface area contributed by atoms with E-state index in [9.17, 15) is 4.79 Å². The summed E-state index contributed by atoms with van der Waals surface area (Å²) < 4.78 is 4.89. The number of allylic oxidation sites excluding steroid dienone is 1. The molecule has 0 aliphatic heterocycles. The molecule has 0 unspecified atom stereocenters. The normalized spacial score (nSPS) is 11.0. The third-order valence-corrected chi connectivity index (χ3v) is 1.77. The van der Waals surface area contributed by atoms with Crippen molar-refractivity contribution in [2.45, 2.75) is 6.92 Å². The maximum atomic E-state index is 11.1. The predicted molar refractivity (Wildman–Crippen MR) is 61.2 cm³/mol. The molecule has 15 heavy (non-hydrogen) atoms. The van der Waals surface area contributed by atoms with Crippen LogP contribution in [0.3, 0.4) is 0 Å². The largest absolute Gasteiger partial charge is 0.458 e. The molecule has 2 heteroatoms. The Morgan fingerprint density at radius 1 is 1.33 bits per heavy atom. The molecule has 0 fully saturated rings. The second-order valence-corrected chi connectivity index (χ2v) is 2.94. The minimum atomic E-state index is -0.322. The van der Waals surface area contributed by atoms with Crippen LogP contribution in [-0.4, -0.2) is 12.6 Å². The second-order valence-electron chi connectivity index (χ2n) is 2.94. The Balaban J connectivity index is 2.41. The van der Waals surface area contributed by atoms with Crippen LogP contribution in [0.1, 0.15) is 12.5 Å². The van der Waals surface area contributed by atoms with Gasteiger partial charge in [0.25, 0.3) is 0 Å². The summed E-state index contributed by atoms with van der Waals surface area (Å²) in [6.07, 6.45) is 6.79. The molecule has 0 aromatic heterocycles. The predicted octanol–water partition coefficient (Wildman–Crippen LogP) is 2.82. The number of carbonyl (C=O) groups excluding carboxylic acids is 1. The third-order valence-electron chi connectivity index (χ3n) is 1.77. The molecule has 0 saturated heterocycles. The Hall–Kier alpha value is -1.83. The van der Waals surface area contributed by atoms with Gasteiger partial charge in [-0.15, -0.1) is 0 Å². The van der Waals surface area contributed by atoms with Gasteiger partial charge in [-0.25, -0.2) is 4.79 Å². The van der Waals surface area contributed by atoms with Gasteiger partial charge in [0, 0.05) is 6.08 Å². The number of hydrogen-bond donors (Lipinski definition) is 0. The van der Waals surface area contributed by atoms with Gasteiger partial charge in [-0.3, -0.25) is 0 Å². The summed E-state index contributed by atoms with van der Waals surface area (Å²) in [7, 11) is 0. The first-order valence-corrected chi connectivity index (χ1v) is 4.84. The van der Waals surface area contributed by atoms with Crippen LogP contribution in [0.15, 0.2) is 48.6 Å². The van der Waals surface area contributed by atoms with Gasteiger partial charge in [-0.1, -0.05) is 42.5 Å². The van der Waals surface area contributed by atoms with Crippen LogP contribution in [0.2, 0.25) is 0 Å². The molecule has 1 aromatic rings. The van der Waals surface area contributed by atoms with E-state index in [-0.39, 0.29) is 5.97 Å². The monoisotopic (exact) mass is 202 g/mol. The minimum absolute atomic E-state index is 0.322. The quantitative estimate of drug-likeness (QED) is 0.426. The molecule has 0 N–H and O–H groups in total. The Morgan fingerprint density at radius 3 is 2.73 bits per heavy atom. The number of ether oxygens (including phenoxy) is 1. The second kappa shape index (κ2) is 6.60. The minimum Gasteiger partial charge on any atom is -0.458 e. The molecule has 0 aliphatic carbocycles. The SMILES string of the molecule is CC=CCOC(=O)C=Cc1ccccc1. The Labute approximate surface area is 89.9 Å². The van der Waals surface area contributed by atoms with Gasteiger partial charge >= 0.3 is 5.97 Å². The molecule has 0 saturated carbocycles. The van der Waals surface area contributed by atoms with Gasteiger partial charge in [-0.05, 0) is 18.6 Å². The number of benzene rings is 1. The smallest absolute Gasteiger partial charge is 0.331 e. The van der Waals surface area contributed by atoms with E-state index in [1.54, 1.807) is 12.2 Å². The van der Waals surface area contributed by atoms with E-state index in [0.29, 0.717) is 6.61 Å². The van der Waals surface area contributed by atoms with Crippen LogP contribution in [0, 0.1) is 0 Å². The van der Waals surface area contributed by atoms with Gasteiger partial charge in [0.1, 0.15) is 6.61 Å². The standard InChI is InChI=1S/C13H14O2/c1-2-3-11-15-13(14)10-9-12-7-5-4-6-8-12/h2-10H,11H2,1H3. The topological polar surface area (TPSA) is 26.3 Å². The summed E-state index contributed by atoms with van der Waals surface area (Å²) in [6.45, 7) is 2.21.